The fourth-order valence-corrected chi connectivity index (χ4v) is 3.54. The fraction of sp³-hybridized carbons (Fsp3) is 0.526. The lowest BCUT2D eigenvalue weighted by Gasteiger charge is -2.25. The lowest BCUT2D eigenvalue weighted by molar-refractivity contribution is 0.0784. The Morgan fingerprint density at radius 2 is 2.24 bits per heavy atom. The van der Waals surface area contributed by atoms with Gasteiger partial charge in [-0.05, 0) is 49.7 Å². The van der Waals surface area contributed by atoms with Crippen molar-refractivity contribution in [1.29, 1.82) is 0 Å². The van der Waals surface area contributed by atoms with Crippen molar-refractivity contribution in [1.82, 2.24) is 19.7 Å². The van der Waals surface area contributed by atoms with Crippen molar-refractivity contribution in [2.45, 2.75) is 38.2 Å². The molecule has 6 heteroatoms. The summed E-state index contributed by atoms with van der Waals surface area (Å²) in [6.45, 7) is 1.61. The second kappa shape index (κ2) is 6.86. The van der Waals surface area contributed by atoms with E-state index in [0.29, 0.717) is 17.4 Å². The van der Waals surface area contributed by atoms with Crippen LogP contribution >= 0.6 is 0 Å². The number of rotatable bonds is 5. The third-order valence-electron chi connectivity index (χ3n) is 5.18. The molecule has 1 aliphatic carbocycles. The van der Waals surface area contributed by atoms with Gasteiger partial charge in [-0.15, -0.1) is 0 Å². The Hall–Kier alpha value is -2.37. The van der Waals surface area contributed by atoms with Gasteiger partial charge in [-0.1, -0.05) is 0 Å². The first kappa shape index (κ1) is 16.1. The Morgan fingerprint density at radius 1 is 1.36 bits per heavy atom. The van der Waals surface area contributed by atoms with Gasteiger partial charge in [-0.25, -0.2) is 4.98 Å². The molecule has 0 spiro atoms. The van der Waals surface area contributed by atoms with Crippen LogP contribution in [0, 0.1) is 5.92 Å². The van der Waals surface area contributed by atoms with Crippen molar-refractivity contribution in [2.24, 2.45) is 13.0 Å². The van der Waals surface area contributed by atoms with Crippen LogP contribution in [0.4, 0.5) is 0 Å². The standard InChI is InChI=1S/C19H24N4O2/c1-22-12-15(11-21-22)9-14-6-8-23(13-14)19(24)16-5-7-20-18(10-16)25-17-3-2-4-17/h5,7,10-12,14,17H,2-4,6,8-9,13H2,1H3/t14-/m0/s1. The molecule has 1 aliphatic heterocycles. The smallest absolute Gasteiger partial charge is 0.254 e. The van der Waals surface area contributed by atoms with E-state index in [1.54, 1.807) is 18.3 Å². The molecule has 2 fully saturated rings. The van der Waals surface area contributed by atoms with E-state index in [9.17, 15) is 4.79 Å². The zero-order valence-electron chi connectivity index (χ0n) is 14.6. The molecule has 132 valence electrons. The number of hydrogen-bond acceptors (Lipinski definition) is 4. The molecule has 4 rings (SSSR count). The number of aryl methyl sites for hydroxylation is 1. The normalized spacial score (nSPS) is 20.5. The zero-order chi connectivity index (χ0) is 17.2. The molecule has 2 aliphatic rings. The van der Waals surface area contributed by atoms with E-state index in [-0.39, 0.29) is 12.0 Å². The maximum atomic E-state index is 12.8. The molecule has 0 N–H and O–H groups in total. The van der Waals surface area contributed by atoms with Crippen molar-refractivity contribution >= 4 is 5.91 Å². The maximum absolute atomic E-state index is 12.8. The van der Waals surface area contributed by atoms with Gasteiger partial charge in [-0.2, -0.15) is 5.10 Å². The van der Waals surface area contributed by atoms with Crippen LogP contribution in [0.1, 0.15) is 41.6 Å². The van der Waals surface area contributed by atoms with E-state index in [2.05, 4.69) is 16.3 Å². The third-order valence-corrected chi connectivity index (χ3v) is 5.18. The molecule has 0 aromatic carbocycles. The molecule has 2 aromatic heterocycles. The van der Waals surface area contributed by atoms with Crippen molar-refractivity contribution in [3.8, 4) is 5.88 Å². The summed E-state index contributed by atoms with van der Waals surface area (Å²) in [5.41, 5.74) is 1.91. The summed E-state index contributed by atoms with van der Waals surface area (Å²) in [5.74, 6) is 1.15. The Labute approximate surface area is 147 Å². The van der Waals surface area contributed by atoms with Crippen molar-refractivity contribution < 1.29 is 9.53 Å². The zero-order valence-corrected chi connectivity index (χ0v) is 14.6. The summed E-state index contributed by atoms with van der Waals surface area (Å²) >= 11 is 0. The van der Waals surface area contributed by atoms with E-state index in [1.165, 1.54) is 12.0 Å². The second-order valence-corrected chi connectivity index (χ2v) is 7.19. The number of aromatic nitrogens is 3. The Bertz CT molecular complexity index is 753. The van der Waals surface area contributed by atoms with E-state index in [0.717, 1.165) is 38.8 Å². The first-order valence-electron chi connectivity index (χ1n) is 9.07. The molecule has 25 heavy (non-hydrogen) atoms. The van der Waals surface area contributed by atoms with Gasteiger partial charge in [0.1, 0.15) is 6.10 Å². The van der Waals surface area contributed by atoms with Gasteiger partial charge in [0.2, 0.25) is 5.88 Å². The number of amides is 1. The summed E-state index contributed by atoms with van der Waals surface area (Å²) in [7, 11) is 1.93. The molecular formula is C19H24N4O2. The lowest BCUT2D eigenvalue weighted by Crippen LogP contribution is -2.29. The quantitative estimate of drug-likeness (QED) is 0.839. The summed E-state index contributed by atoms with van der Waals surface area (Å²) in [4.78, 5) is 19.0. The second-order valence-electron chi connectivity index (χ2n) is 7.19. The largest absolute Gasteiger partial charge is 0.474 e. The molecule has 1 amide bonds. The molecule has 0 bridgehead atoms. The van der Waals surface area contributed by atoms with Crippen molar-refractivity contribution in [3.63, 3.8) is 0 Å². The van der Waals surface area contributed by atoms with Gasteiger partial charge >= 0.3 is 0 Å². The number of hydrogen-bond donors (Lipinski definition) is 0. The predicted molar refractivity (Wildman–Crippen MR) is 93.4 cm³/mol. The highest BCUT2D eigenvalue weighted by Crippen LogP contribution is 2.26. The van der Waals surface area contributed by atoms with Gasteiger partial charge in [0, 0.05) is 44.2 Å². The highest BCUT2D eigenvalue weighted by Gasteiger charge is 2.28. The Morgan fingerprint density at radius 3 is 2.96 bits per heavy atom. The topological polar surface area (TPSA) is 60.2 Å². The number of pyridine rings is 1. The van der Waals surface area contributed by atoms with Crippen molar-refractivity contribution in [2.75, 3.05) is 13.1 Å². The van der Waals surface area contributed by atoms with Crippen LogP contribution in [0.25, 0.3) is 0 Å². The maximum Gasteiger partial charge on any atom is 0.254 e. The Kier molecular flexibility index (Phi) is 4.42. The lowest BCUT2D eigenvalue weighted by atomic mass is 9.96. The highest BCUT2D eigenvalue weighted by molar-refractivity contribution is 5.94. The molecule has 0 radical (unpaired) electrons. The fourth-order valence-electron chi connectivity index (χ4n) is 3.54. The van der Waals surface area contributed by atoms with Crippen LogP contribution in [0.5, 0.6) is 5.88 Å². The van der Waals surface area contributed by atoms with Gasteiger partial charge in [-0.3, -0.25) is 9.48 Å². The third kappa shape index (κ3) is 3.67. The van der Waals surface area contributed by atoms with Crippen molar-refractivity contribution in [3.05, 3.63) is 41.9 Å². The van der Waals surface area contributed by atoms with Crippen LogP contribution in [0.2, 0.25) is 0 Å². The molecule has 0 unspecified atom stereocenters. The van der Waals surface area contributed by atoms with E-state index in [4.69, 9.17) is 4.74 Å². The average Bonchev–Trinajstić information content (AvgIpc) is 3.20. The molecular weight excluding hydrogens is 316 g/mol. The van der Waals surface area contributed by atoms with E-state index >= 15 is 0 Å². The molecule has 3 heterocycles. The highest BCUT2D eigenvalue weighted by atomic mass is 16.5. The van der Waals surface area contributed by atoms with Gasteiger partial charge in [0.05, 0.1) is 6.20 Å². The molecule has 1 saturated heterocycles. The minimum Gasteiger partial charge on any atom is -0.474 e. The average molecular weight is 340 g/mol. The minimum atomic E-state index is 0.0783. The summed E-state index contributed by atoms with van der Waals surface area (Å²) < 4.78 is 7.64. The molecule has 1 atom stereocenters. The SMILES string of the molecule is Cn1cc(C[C@@H]2CCN(C(=O)c3ccnc(OC4CCC4)c3)C2)cn1. The van der Waals surface area contributed by atoms with Crippen LogP contribution in [-0.4, -0.2) is 44.8 Å². The summed E-state index contributed by atoms with van der Waals surface area (Å²) in [6.07, 6.45) is 11.3. The Balaban J connectivity index is 1.37. The first-order valence-corrected chi connectivity index (χ1v) is 9.07. The van der Waals surface area contributed by atoms with Gasteiger partial charge in [0.25, 0.3) is 5.91 Å². The van der Waals surface area contributed by atoms with Gasteiger partial charge < -0.3 is 9.64 Å². The van der Waals surface area contributed by atoms with Gasteiger partial charge in [0.15, 0.2) is 0 Å². The number of carbonyl (C=O) groups excluding carboxylic acids is 1. The van der Waals surface area contributed by atoms with Crippen LogP contribution in [0.3, 0.4) is 0 Å². The minimum absolute atomic E-state index is 0.0783. The number of nitrogens with zero attached hydrogens (tertiary/aromatic N) is 4. The number of likely N-dealkylation sites (tertiary alicyclic amines) is 1. The van der Waals surface area contributed by atoms with Crippen LogP contribution in [-0.2, 0) is 13.5 Å². The number of ether oxygens (including phenoxy) is 1. The summed E-state index contributed by atoms with van der Waals surface area (Å²) in [5, 5.41) is 4.22. The monoisotopic (exact) mass is 340 g/mol. The first-order chi connectivity index (χ1) is 12.2. The van der Waals surface area contributed by atoms with Crippen LogP contribution < -0.4 is 4.74 Å². The van der Waals surface area contributed by atoms with E-state index < -0.39 is 0 Å². The van der Waals surface area contributed by atoms with E-state index in [1.807, 2.05) is 22.8 Å². The molecule has 2 aromatic rings. The summed E-state index contributed by atoms with van der Waals surface area (Å²) in [6, 6.07) is 3.57. The molecule has 1 saturated carbocycles. The molecule has 6 nitrogen and oxygen atoms in total. The predicted octanol–water partition coefficient (Wildman–Crippen LogP) is 2.45. The van der Waals surface area contributed by atoms with Crippen LogP contribution in [0.15, 0.2) is 30.7 Å². The number of carbonyl (C=O) groups is 1.